The van der Waals surface area contributed by atoms with E-state index in [4.69, 9.17) is 0 Å². The first-order valence-electron chi connectivity index (χ1n) is 7.35. The van der Waals surface area contributed by atoms with Crippen LogP contribution in [0.1, 0.15) is 20.3 Å². The lowest BCUT2D eigenvalue weighted by atomic mass is 9.82. The monoisotopic (exact) mass is 302 g/mol. The smallest absolute Gasteiger partial charge is 0.163 e. The summed E-state index contributed by atoms with van der Waals surface area (Å²) in [6.07, 6.45) is 3.00. The van der Waals surface area contributed by atoms with Crippen molar-refractivity contribution in [2.75, 3.05) is 16.8 Å². The molecular weight excluding hydrogens is 280 g/mol. The van der Waals surface area contributed by atoms with Crippen LogP contribution in [0.15, 0.2) is 30.6 Å². The number of aryl methyl sites for hydroxylation is 1. The Kier molecular flexibility index (Phi) is 3.93. The summed E-state index contributed by atoms with van der Waals surface area (Å²) in [5.41, 5.74) is 2.63. The van der Waals surface area contributed by atoms with E-state index in [-0.39, 0.29) is 0 Å². The van der Waals surface area contributed by atoms with E-state index in [9.17, 15) is 0 Å². The third-order valence-electron chi connectivity index (χ3n) is 4.31. The molecule has 2 heterocycles. The van der Waals surface area contributed by atoms with Crippen LogP contribution in [0.5, 0.6) is 0 Å². The van der Waals surface area contributed by atoms with Crippen molar-refractivity contribution in [3.05, 3.63) is 30.6 Å². The van der Waals surface area contributed by atoms with Gasteiger partial charge >= 0.3 is 0 Å². The highest BCUT2D eigenvalue weighted by Crippen LogP contribution is 2.36. The molecule has 0 aliphatic carbocycles. The minimum absolute atomic E-state index is 0.355. The van der Waals surface area contributed by atoms with Crippen molar-refractivity contribution in [3.8, 4) is 11.4 Å². The number of hydrogen-bond acceptors (Lipinski definition) is 4. The van der Waals surface area contributed by atoms with E-state index in [0.717, 1.165) is 11.4 Å². The molecule has 1 N–H and O–H groups in total. The predicted octanol–water partition coefficient (Wildman–Crippen LogP) is 3.43. The molecule has 112 valence electrons. The van der Waals surface area contributed by atoms with Crippen LogP contribution in [0.25, 0.3) is 11.4 Å². The van der Waals surface area contributed by atoms with Crippen molar-refractivity contribution >= 4 is 17.4 Å². The van der Waals surface area contributed by atoms with Crippen LogP contribution in [0.3, 0.4) is 0 Å². The van der Waals surface area contributed by atoms with Gasteiger partial charge in [0.05, 0.1) is 0 Å². The summed E-state index contributed by atoms with van der Waals surface area (Å²) in [4.78, 5) is 0. The van der Waals surface area contributed by atoms with Gasteiger partial charge < -0.3 is 9.88 Å². The zero-order valence-electron chi connectivity index (χ0n) is 12.8. The van der Waals surface area contributed by atoms with Crippen molar-refractivity contribution in [1.82, 2.24) is 14.8 Å². The molecule has 0 bridgehead atoms. The molecule has 1 unspecified atom stereocenters. The van der Waals surface area contributed by atoms with Gasteiger partial charge in [0.1, 0.15) is 6.33 Å². The van der Waals surface area contributed by atoms with E-state index in [1.165, 1.54) is 23.6 Å². The SMILES string of the molecule is Cn1cnnc1-c1ccc(NC2CSCCC2(C)C)cc1. The topological polar surface area (TPSA) is 42.7 Å². The Hall–Kier alpha value is -1.49. The van der Waals surface area contributed by atoms with Crippen LogP contribution >= 0.6 is 11.8 Å². The number of nitrogens with one attached hydrogen (secondary N) is 1. The third kappa shape index (κ3) is 3.07. The maximum atomic E-state index is 4.14. The molecule has 3 rings (SSSR count). The lowest BCUT2D eigenvalue weighted by Gasteiger charge is -2.39. The van der Waals surface area contributed by atoms with Crippen molar-refractivity contribution in [2.24, 2.45) is 12.5 Å². The summed E-state index contributed by atoms with van der Waals surface area (Å²) in [5, 5.41) is 11.8. The Labute approximate surface area is 130 Å². The molecule has 0 radical (unpaired) electrons. The molecule has 2 aromatic rings. The van der Waals surface area contributed by atoms with Gasteiger partial charge in [0.25, 0.3) is 0 Å². The number of aromatic nitrogens is 3. The van der Waals surface area contributed by atoms with E-state index >= 15 is 0 Å². The highest BCUT2D eigenvalue weighted by Gasteiger charge is 2.32. The fourth-order valence-corrected chi connectivity index (χ4v) is 4.24. The van der Waals surface area contributed by atoms with Crippen molar-refractivity contribution in [3.63, 3.8) is 0 Å². The maximum absolute atomic E-state index is 4.14. The number of anilines is 1. The summed E-state index contributed by atoms with van der Waals surface area (Å²) in [6.45, 7) is 4.72. The van der Waals surface area contributed by atoms with Gasteiger partial charge in [-0.25, -0.2) is 0 Å². The molecular formula is C16H22N4S. The van der Waals surface area contributed by atoms with E-state index in [0.29, 0.717) is 11.5 Å². The van der Waals surface area contributed by atoms with Gasteiger partial charge in [-0.2, -0.15) is 11.8 Å². The Morgan fingerprint density at radius 1 is 1.29 bits per heavy atom. The number of nitrogens with zero attached hydrogens (tertiary/aromatic N) is 3. The first-order chi connectivity index (χ1) is 10.1. The van der Waals surface area contributed by atoms with E-state index in [1.54, 1.807) is 6.33 Å². The molecule has 1 aromatic heterocycles. The molecule has 5 heteroatoms. The second kappa shape index (κ2) is 5.72. The molecule has 1 aliphatic rings. The number of hydrogen-bond donors (Lipinski definition) is 1. The molecule has 0 saturated carbocycles. The summed E-state index contributed by atoms with van der Waals surface area (Å²) in [5.74, 6) is 3.35. The minimum Gasteiger partial charge on any atom is -0.381 e. The van der Waals surface area contributed by atoms with E-state index in [1.807, 2.05) is 23.4 Å². The highest BCUT2D eigenvalue weighted by atomic mass is 32.2. The normalized spacial score (nSPS) is 21.2. The fourth-order valence-electron chi connectivity index (χ4n) is 2.63. The Morgan fingerprint density at radius 2 is 2.05 bits per heavy atom. The van der Waals surface area contributed by atoms with E-state index < -0.39 is 0 Å². The summed E-state index contributed by atoms with van der Waals surface area (Å²) < 4.78 is 1.93. The van der Waals surface area contributed by atoms with Gasteiger partial charge in [0, 0.05) is 30.1 Å². The molecule has 1 aliphatic heterocycles. The second-order valence-electron chi connectivity index (χ2n) is 6.35. The lowest BCUT2D eigenvalue weighted by molar-refractivity contribution is 0.305. The Balaban J connectivity index is 1.74. The molecule has 1 saturated heterocycles. The third-order valence-corrected chi connectivity index (χ3v) is 5.38. The molecule has 21 heavy (non-hydrogen) atoms. The molecule has 1 aromatic carbocycles. The average Bonchev–Trinajstić information content (AvgIpc) is 2.88. The van der Waals surface area contributed by atoms with Crippen LogP contribution in [0, 0.1) is 5.41 Å². The largest absolute Gasteiger partial charge is 0.381 e. The number of rotatable bonds is 3. The molecule has 0 spiro atoms. The Bertz CT molecular complexity index is 603. The van der Waals surface area contributed by atoms with Gasteiger partial charge in [-0.05, 0) is 41.9 Å². The first-order valence-corrected chi connectivity index (χ1v) is 8.50. The minimum atomic E-state index is 0.355. The van der Waals surface area contributed by atoms with Crippen LogP contribution in [0.4, 0.5) is 5.69 Å². The van der Waals surface area contributed by atoms with Crippen LogP contribution < -0.4 is 5.32 Å². The number of benzene rings is 1. The second-order valence-corrected chi connectivity index (χ2v) is 7.50. The molecule has 1 atom stereocenters. The lowest BCUT2D eigenvalue weighted by Crippen LogP contribution is -2.41. The zero-order chi connectivity index (χ0) is 14.9. The maximum Gasteiger partial charge on any atom is 0.163 e. The average molecular weight is 302 g/mol. The van der Waals surface area contributed by atoms with Crippen molar-refractivity contribution in [1.29, 1.82) is 0 Å². The highest BCUT2D eigenvalue weighted by molar-refractivity contribution is 7.99. The quantitative estimate of drug-likeness (QED) is 0.943. The summed E-state index contributed by atoms with van der Waals surface area (Å²) in [7, 11) is 1.96. The Morgan fingerprint density at radius 3 is 2.67 bits per heavy atom. The first kappa shape index (κ1) is 14.4. The predicted molar refractivity (Wildman–Crippen MR) is 89.6 cm³/mol. The van der Waals surface area contributed by atoms with Gasteiger partial charge in [-0.1, -0.05) is 13.8 Å². The fraction of sp³-hybridized carbons (Fsp3) is 0.500. The molecule has 1 fully saturated rings. The van der Waals surface area contributed by atoms with Gasteiger partial charge in [-0.3, -0.25) is 0 Å². The zero-order valence-corrected chi connectivity index (χ0v) is 13.7. The van der Waals surface area contributed by atoms with Crippen LogP contribution in [0.2, 0.25) is 0 Å². The summed E-state index contributed by atoms with van der Waals surface area (Å²) in [6, 6.07) is 9.01. The molecule has 0 amide bonds. The van der Waals surface area contributed by atoms with Crippen molar-refractivity contribution in [2.45, 2.75) is 26.3 Å². The van der Waals surface area contributed by atoms with Crippen molar-refractivity contribution < 1.29 is 0 Å². The van der Waals surface area contributed by atoms with Gasteiger partial charge in [0.15, 0.2) is 5.82 Å². The van der Waals surface area contributed by atoms with Crippen LogP contribution in [-0.4, -0.2) is 32.3 Å². The number of thioether (sulfide) groups is 1. The van der Waals surface area contributed by atoms with Crippen LogP contribution in [-0.2, 0) is 7.05 Å². The standard InChI is InChI=1S/C16H22N4S/c1-16(2)8-9-21-10-14(16)18-13-6-4-12(5-7-13)15-19-17-11-20(15)3/h4-7,11,14,18H,8-10H2,1-3H3. The van der Waals surface area contributed by atoms with E-state index in [2.05, 4.69) is 53.6 Å². The van der Waals surface area contributed by atoms with Gasteiger partial charge in [-0.15, -0.1) is 10.2 Å². The summed E-state index contributed by atoms with van der Waals surface area (Å²) >= 11 is 2.04. The molecule has 4 nitrogen and oxygen atoms in total. The van der Waals surface area contributed by atoms with Gasteiger partial charge in [0.2, 0.25) is 0 Å².